The lowest BCUT2D eigenvalue weighted by Crippen LogP contribution is -2.56. The van der Waals surface area contributed by atoms with Crippen molar-refractivity contribution in [1.82, 2.24) is 4.31 Å². The molecular weight excluding hydrogens is 428 g/mol. The predicted molar refractivity (Wildman–Crippen MR) is 123 cm³/mol. The SMILES string of the molecule is CCOc1ccc(NC(=O)CC23CC4CC(CC(O)(C4)C2)C3)cc1S(=O)(=O)N(CC)CC. The van der Waals surface area contributed by atoms with Gasteiger partial charge in [0.2, 0.25) is 15.9 Å². The molecule has 2 atom stereocenters. The Bertz CT molecular complexity index is 959. The smallest absolute Gasteiger partial charge is 0.246 e. The molecule has 2 unspecified atom stereocenters. The third kappa shape index (κ3) is 4.41. The number of hydrogen-bond acceptors (Lipinski definition) is 5. The minimum absolute atomic E-state index is 0.0740. The fourth-order valence-electron chi connectivity index (χ4n) is 6.92. The van der Waals surface area contributed by atoms with Gasteiger partial charge in [0.1, 0.15) is 10.6 Å². The second kappa shape index (κ2) is 8.61. The van der Waals surface area contributed by atoms with Crippen LogP contribution in [-0.4, -0.2) is 49.0 Å². The van der Waals surface area contributed by atoms with Crippen molar-refractivity contribution in [3.05, 3.63) is 18.2 Å². The number of sulfonamides is 1. The van der Waals surface area contributed by atoms with Gasteiger partial charge in [-0.25, -0.2) is 8.42 Å². The summed E-state index contributed by atoms with van der Waals surface area (Å²) in [4.78, 5) is 13.1. The lowest BCUT2D eigenvalue weighted by Gasteiger charge is -2.60. The summed E-state index contributed by atoms with van der Waals surface area (Å²) in [5.41, 5.74) is -0.286. The van der Waals surface area contributed by atoms with Crippen LogP contribution in [-0.2, 0) is 14.8 Å². The van der Waals surface area contributed by atoms with Crippen LogP contribution in [0.25, 0.3) is 0 Å². The average molecular weight is 465 g/mol. The lowest BCUT2D eigenvalue weighted by atomic mass is 9.47. The number of hydrogen-bond donors (Lipinski definition) is 2. The maximum atomic E-state index is 13.2. The molecule has 1 aromatic rings. The van der Waals surface area contributed by atoms with E-state index >= 15 is 0 Å². The van der Waals surface area contributed by atoms with Gasteiger partial charge in [-0.05, 0) is 80.9 Å². The van der Waals surface area contributed by atoms with Crippen molar-refractivity contribution in [3.8, 4) is 5.75 Å². The molecule has 0 radical (unpaired) electrons. The van der Waals surface area contributed by atoms with Crippen molar-refractivity contribution >= 4 is 21.6 Å². The average Bonchev–Trinajstić information content (AvgIpc) is 2.67. The molecule has 1 amide bonds. The standard InChI is InChI=1S/C24H36N2O5S/c1-4-26(5-2)32(29,30)21-10-19(7-8-20(21)31-6-3)25-22(27)15-23-11-17-9-18(12-23)14-24(28,13-17)16-23/h7-8,10,17-18,28H,4-6,9,11-16H2,1-3H3,(H,25,27). The molecule has 4 aliphatic rings. The minimum atomic E-state index is -3.74. The minimum Gasteiger partial charge on any atom is -0.492 e. The quantitative estimate of drug-likeness (QED) is 0.580. The van der Waals surface area contributed by atoms with Crippen LogP contribution in [0.2, 0.25) is 0 Å². The predicted octanol–water partition coefficient (Wildman–Crippen LogP) is 3.78. The van der Waals surface area contributed by atoms with Crippen molar-refractivity contribution in [2.75, 3.05) is 25.0 Å². The van der Waals surface area contributed by atoms with Gasteiger partial charge in [0.25, 0.3) is 0 Å². The summed E-state index contributed by atoms with van der Waals surface area (Å²) in [5, 5.41) is 13.9. The van der Waals surface area contributed by atoms with E-state index < -0.39 is 15.6 Å². The number of ether oxygens (including phenoxy) is 1. The number of anilines is 1. The number of carbonyl (C=O) groups excluding carboxylic acids is 1. The highest BCUT2D eigenvalue weighted by Gasteiger charge is 2.57. The fourth-order valence-corrected chi connectivity index (χ4v) is 8.53. The van der Waals surface area contributed by atoms with Crippen molar-refractivity contribution in [1.29, 1.82) is 0 Å². The summed E-state index contributed by atoms with van der Waals surface area (Å²) in [6, 6.07) is 4.81. The molecule has 7 nitrogen and oxygen atoms in total. The molecule has 0 aromatic heterocycles. The first kappa shape index (κ1) is 23.5. The van der Waals surface area contributed by atoms with Gasteiger partial charge in [-0.15, -0.1) is 0 Å². The molecule has 178 valence electrons. The van der Waals surface area contributed by atoms with Gasteiger partial charge in [-0.2, -0.15) is 4.31 Å². The molecule has 0 saturated heterocycles. The summed E-state index contributed by atoms with van der Waals surface area (Å²) in [6.45, 7) is 6.46. The Morgan fingerprint density at radius 2 is 1.81 bits per heavy atom. The number of nitrogens with one attached hydrogen (secondary N) is 1. The molecule has 8 heteroatoms. The fraction of sp³-hybridized carbons (Fsp3) is 0.708. The zero-order valence-electron chi connectivity index (χ0n) is 19.4. The molecule has 4 aliphatic carbocycles. The van der Waals surface area contributed by atoms with Crippen LogP contribution in [0.4, 0.5) is 5.69 Å². The summed E-state index contributed by atoms with van der Waals surface area (Å²) >= 11 is 0. The van der Waals surface area contributed by atoms with Crippen molar-refractivity contribution in [3.63, 3.8) is 0 Å². The molecule has 5 rings (SSSR count). The molecule has 0 heterocycles. The maximum absolute atomic E-state index is 13.2. The molecule has 1 aromatic carbocycles. The van der Waals surface area contributed by atoms with Crippen LogP contribution in [0.5, 0.6) is 5.75 Å². The van der Waals surface area contributed by atoms with Crippen LogP contribution in [0, 0.1) is 17.3 Å². The molecule has 0 aliphatic heterocycles. The third-order valence-electron chi connectivity index (χ3n) is 7.54. The van der Waals surface area contributed by atoms with Gasteiger partial charge >= 0.3 is 0 Å². The first-order valence-electron chi connectivity index (χ1n) is 11.9. The first-order chi connectivity index (χ1) is 15.1. The Labute approximate surface area is 191 Å². The number of aliphatic hydroxyl groups is 1. The van der Waals surface area contributed by atoms with Gasteiger partial charge in [0.15, 0.2) is 0 Å². The van der Waals surface area contributed by atoms with E-state index in [-0.39, 0.29) is 16.2 Å². The van der Waals surface area contributed by atoms with E-state index in [1.165, 1.54) is 16.8 Å². The van der Waals surface area contributed by atoms with E-state index in [9.17, 15) is 18.3 Å². The van der Waals surface area contributed by atoms with Gasteiger partial charge in [0.05, 0.1) is 12.2 Å². The molecular formula is C24H36N2O5S. The normalized spacial score (nSPS) is 31.2. The van der Waals surface area contributed by atoms with Gasteiger partial charge in [-0.1, -0.05) is 13.8 Å². The van der Waals surface area contributed by atoms with E-state index in [0.29, 0.717) is 55.8 Å². The number of carbonyl (C=O) groups is 1. The second-order valence-electron chi connectivity index (χ2n) is 10.1. The molecule has 0 spiro atoms. The molecule has 2 N–H and O–H groups in total. The monoisotopic (exact) mass is 464 g/mol. The van der Waals surface area contributed by atoms with Crippen molar-refractivity contribution < 1.29 is 23.1 Å². The lowest BCUT2D eigenvalue weighted by molar-refractivity contribution is -0.167. The maximum Gasteiger partial charge on any atom is 0.246 e. The molecule has 32 heavy (non-hydrogen) atoms. The van der Waals surface area contributed by atoms with E-state index in [0.717, 1.165) is 25.7 Å². The zero-order valence-corrected chi connectivity index (χ0v) is 20.2. The highest BCUT2D eigenvalue weighted by Crippen LogP contribution is 2.62. The van der Waals surface area contributed by atoms with Crippen molar-refractivity contribution in [2.24, 2.45) is 17.3 Å². The second-order valence-corrected chi connectivity index (χ2v) is 12.0. The van der Waals surface area contributed by atoms with Crippen LogP contribution < -0.4 is 10.1 Å². The zero-order chi connectivity index (χ0) is 23.1. The summed E-state index contributed by atoms with van der Waals surface area (Å²) in [7, 11) is -3.74. The van der Waals surface area contributed by atoms with Crippen molar-refractivity contribution in [2.45, 2.75) is 76.2 Å². The Morgan fingerprint density at radius 1 is 1.16 bits per heavy atom. The third-order valence-corrected chi connectivity index (χ3v) is 9.61. The summed E-state index contributed by atoms with van der Waals surface area (Å²) in [6.07, 6.45) is 6.00. The van der Waals surface area contributed by atoms with Crippen LogP contribution >= 0.6 is 0 Å². The Kier molecular flexibility index (Phi) is 6.33. The van der Waals surface area contributed by atoms with E-state index in [2.05, 4.69) is 5.32 Å². The Morgan fingerprint density at radius 3 is 2.38 bits per heavy atom. The topological polar surface area (TPSA) is 95.9 Å². The molecule has 4 saturated carbocycles. The summed E-state index contributed by atoms with van der Waals surface area (Å²) < 4.78 is 33.3. The van der Waals surface area contributed by atoms with Crippen LogP contribution in [0.1, 0.15) is 65.7 Å². The Hall–Kier alpha value is -1.64. The number of benzene rings is 1. The van der Waals surface area contributed by atoms with E-state index in [1.54, 1.807) is 26.0 Å². The first-order valence-corrected chi connectivity index (χ1v) is 13.4. The van der Waals surface area contributed by atoms with Crippen LogP contribution in [0.3, 0.4) is 0 Å². The number of nitrogens with zero attached hydrogens (tertiary/aromatic N) is 1. The van der Waals surface area contributed by atoms with Crippen LogP contribution in [0.15, 0.2) is 23.1 Å². The van der Waals surface area contributed by atoms with Gasteiger partial charge in [-0.3, -0.25) is 4.79 Å². The number of rotatable bonds is 9. The van der Waals surface area contributed by atoms with Gasteiger partial charge in [0, 0.05) is 25.2 Å². The molecule has 4 fully saturated rings. The molecule has 4 bridgehead atoms. The van der Waals surface area contributed by atoms with E-state index in [1.807, 2.05) is 6.92 Å². The highest BCUT2D eigenvalue weighted by molar-refractivity contribution is 7.89. The summed E-state index contributed by atoms with van der Waals surface area (Å²) in [5.74, 6) is 1.21. The van der Waals surface area contributed by atoms with E-state index in [4.69, 9.17) is 4.74 Å². The number of amides is 1. The Balaban J connectivity index is 1.54. The highest BCUT2D eigenvalue weighted by atomic mass is 32.2. The van der Waals surface area contributed by atoms with Gasteiger partial charge < -0.3 is 15.2 Å². The largest absolute Gasteiger partial charge is 0.492 e.